The van der Waals surface area contributed by atoms with Gasteiger partial charge in [-0.15, -0.1) is 0 Å². The number of halogens is 1. The van der Waals surface area contributed by atoms with E-state index in [1.165, 1.54) is 6.20 Å². The number of aliphatic hydroxyl groups excluding tert-OH is 2. The first-order chi connectivity index (χ1) is 16.9. The van der Waals surface area contributed by atoms with Crippen molar-refractivity contribution in [1.82, 2.24) is 10.3 Å². The summed E-state index contributed by atoms with van der Waals surface area (Å²) in [4.78, 5) is 16.2. The Labute approximate surface area is 209 Å². The van der Waals surface area contributed by atoms with E-state index >= 15 is 0 Å². The number of nitrogens with one attached hydrogen (secondary N) is 1. The molecule has 2 aromatic carbocycles. The zero-order valence-corrected chi connectivity index (χ0v) is 20.3. The van der Waals surface area contributed by atoms with Crippen LogP contribution in [0.25, 0.3) is 0 Å². The summed E-state index contributed by atoms with van der Waals surface area (Å²) >= 11 is 5.92. The molecule has 0 bridgehead atoms. The van der Waals surface area contributed by atoms with Gasteiger partial charge in [-0.05, 0) is 55.0 Å². The molecular formula is C26H29ClN2O6. The van der Waals surface area contributed by atoms with E-state index in [1.807, 2.05) is 19.1 Å². The van der Waals surface area contributed by atoms with Gasteiger partial charge in [0, 0.05) is 23.7 Å². The average Bonchev–Trinajstić information content (AvgIpc) is 2.86. The normalized spacial score (nSPS) is 13.5. The van der Waals surface area contributed by atoms with Gasteiger partial charge in [-0.2, -0.15) is 0 Å². The van der Waals surface area contributed by atoms with E-state index in [2.05, 4.69) is 10.3 Å². The van der Waals surface area contributed by atoms with Crippen molar-refractivity contribution in [2.24, 2.45) is 0 Å². The second-order valence-electron chi connectivity index (χ2n) is 7.81. The second kappa shape index (κ2) is 13.1. The molecule has 0 aliphatic rings. The Morgan fingerprint density at radius 2 is 1.86 bits per heavy atom. The van der Waals surface area contributed by atoms with Gasteiger partial charge in [-0.3, -0.25) is 5.32 Å². The number of pyridine rings is 1. The first kappa shape index (κ1) is 26.4. The summed E-state index contributed by atoms with van der Waals surface area (Å²) in [6.45, 7) is 4.04. The lowest BCUT2D eigenvalue weighted by atomic mass is 9.99. The number of hydrogen-bond acceptors (Lipinski definition) is 8. The first-order valence-corrected chi connectivity index (χ1v) is 11.6. The van der Waals surface area contributed by atoms with Crippen LogP contribution in [0, 0.1) is 0 Å². The SMILES string of the molecule is CCOC(=O)c1cccnc1Oc1ccc([C@H](C)C(O)NC[C@H](O)COc2cccc(Cl)c2)cc1. The molecule has 0 saturated heterocycles. The van der Waals surface area contributed by atoms with E-state index in [4.69, 9.17) is 25.8 Å². The van der Waals surface area contributed by atoms with Gasteiger partial charge in [0.05, 0.1) is 6.61 Å². The van der Waals surface area contributed by atoms with Gasteiger partial charge in [-0.1, -0.05) is 36.7 Å². The molecule has 3 N–H and O–H groups in total. The van der Waals surface area contributed by atoms with Crippen molar-refractivity contribution in [2.75, 3.05) is 19.8 Å². The fourth-order valence-electron chi connectivity index (χ4n) is 3.21. The quantitative estimate of drug-likeness (QED) is 0.251. The van der Waals surface area contributed by atoms with Crippen molar-refractivity contribution in [1.29, 1.82) is 0 Å². The van der Waals surface area contributed by atoms with Gasteiger partial charge < -0.3 is 24.4 Å². The largest absolute Gasteiger partial charge is 0.491 e. The van der Waals surface area contributed by atoms with Crippen LogP contribution in [0.2, 0.25) is 5.02 Å². The van der Waals surface area contributed by atoms with Crippen LogP contribution in [-0.4, -0.2) is 53.3 Å². The third kappa shape index (κ3) is 7.93. The Morgan fingerprint density at radius 1 is 1.09 bits per heavy atom. The third-order valence-electron chi connectivity index (χ3n) is 5.16. The highest BCUT2D eigenvalue weighted by Crippen LogP contribution is 2.26. The van der Waals surface area contributed by atoms with Gasteiger partial charge in [0.1, 0.15) is 36.0 Å². The Morgan fingerprint density at radius 3 is 2.57 bits per heavy atom. The number of esters is 1. The van der Waals surface area contributed by atoms with E-state index in [0.717, 1.165) is 5.56 Å². The molecule has 8 nitrogen and oxygen atoms in total. The number of carbonyl (C=O) groups is 1. The van der Waals surface area contributed by atoms with Gasteiger partial charge >= 0.3 is 5.97 Å². The minimum atomic E-state index is -0.895. The number of aliphatic hydroxyl groups is 2. The monoisotopic (exact) mass is 500 g/mol. The highest BCUT2D eigenvalue weighted by atomic mass is 35.5. The number of hydrogen-bond donors (Lipinski definition) is 3. The Kier molecular flexibility index (Phi) is 9.86. The molecule has 0 amide bonds. The lowest BCUT2D eigenvalue weighted by Crippen LogP contribution is -2.40. The van der Waals surface area contributed by atoms with Crippen LogP contribution in [0.5, 0.6) is 17.4 Å². The van der Waals surface area contributed by atoms with E-state index in [1.54, 1.807) is 55.5 Å². The number of ether oxygens (including phenoxy) is 3. The van der Waals surface area contributed by atoms with Crippen molar-refractivity contribution in [3.8, 4) is 17.4 Å². The van der Waals surface area contributed by atoms with Crippen LogP contribution in [0.4, 0.5) is 0 Å². The maximum Gasteiger partial charge on any atom is 0.343 e. The maximum absolute atomic E-state index is 12.1. The molecule has 1 heterocycles. The molecular weight excluding hydrogens is 472 g/mol. The fraction of sp³-hybridized carbons (Fsp3) is 0.308. The highest BCUT2D eigenvalue weighted by Gasteiger charge is 2.19. The number of rotatable bonds is 12. The predicted octanol–water partition coefficient (Wildman–Crippen LogP) is 4.16. The predicted molar refractivity (Wildman–Crippen MR) is 132 cm³/mol. The Bertz CT molecular complexity index is 1100. The minimum Gasteiger partial charge on any atom is -0.491 e. The zero-order chi connectivity index (χ0) is 25.2. The summed E-state index contributed by atoms with van der Waals surface area (Å²) in [5, 5.41) is 24.2. The molecule has 1 aromatic heterocycles. The van der Waals surface area contributed by atoms with Gasteiger partial charge in [0.2, 0.25) is 5.88 Å². The molecule has 186 valence electrons. The second-order valence-corrected chi connectivity index (χ2v) is 8.25. The van der Waals surface area contributed by atoms with Gasteiger partial charge in [0.15, 0.2) is 0 Å². The Hall–Kier alpha value is -3.17. The topological polar surface area (TPSA) is 110 Å². The lowest BCUT2D eigenvalue weighted by Gasteiger charge is -2.22. The molecule has 0 saturated carbocycles. The molecule has 0 aliphatic carbocycles. The number of aromatic nitrogens is 1. The third-order valence-corrected chi connectivity index (χ3v) is 5.40. The van der Waals surface area contributed by atoms with Gasteiger partial charge in [-0.25, -0.2) is 9.78 Å². The van der Waals surface area contributed by atoms with E-state index < -0.39 is 18.3 Å². The molecule has 0 fully saturated rings. The van der Waals surface area contributed by atoms with E-state index in [0.29, 0.717) is 16.5 Å². The summed E-state index contributed by atoms with van der Waals surface area (Å²) < 4.78 is 16.3. The van der Waals surface area contributed by atoms with Crippen molar-refractivity contribution in [3.63, 3.8) is 0 Å². The summed E-state index contributed by atoms with van der Waals surface area (Å²) in [6, 6.07) is 17.2. The van der Waals surface area contributed by atoms with Gasteiger partial charge in [0.25, 0.3) is 0 Å². The van der Waals surface area contributed by atoms with Crippen LogP contribution in [0.3, 0.4) is 0 Å². The molecule has 0 radical (unpaired) electrons. The maximum atomic E-state index is 12.1. The molecule has 1 unspecified atom stereocenters. The van der Waals surface area contributed by atoms with Crippen molar-refractivity contribution < 1.29 is 29.2 Å². The zero-order valence-electron chi connectivity index (χ0n) is 19.6. The lowest BCUT2D eigenvalue weighted by molar-refractivity contribution is 0.0522. The number of carbonyl (C=O) groups excluding carboxylic acids is 1. The molecule has 9 heteroatoms. The molecule has 0 aliphatic heterocycles. The summed E-state index contributed by atoms with van der Waals surface area (Å²) in [6.07, 6.45) is -0.183. The van der Waals surface area contributed by atoms with Crippen molar-refractivity contribution in [2.45, 2.75) is 32.1 Å². The van der Waals surface area contributed by atoms with Crippen LogP contribution >= 0.6 is 11.6 Å². The summed E-state index contributed by atoms with van der Waals surface area (Å²) in [7, 11) is 0. The molecule has 3 atom stereocenters. The molecule has 35 heavy (non-hydrogen) atoms. The van der Waals surface area contributed by atoms with Crippen LogP contribution in [0.15, 0.2) is 66.9 Å². The highest BCUT2D eigenvalue weighted by molar-refractivity contribution is 6.30. The van der Waals surface area contributed by atoms with Crippen LogP contribution < -0.4 is 14.8 Å². The number of nitrogens with zero attached hydrogens (tertiary/aromatic N) is 1. The minimum absolute atomic E-state index is 0.0573. The number of benzene rings is 2. The summed E-state index contributed by atoms with van der Waals surface area (Å²) in [5.74, 6) is 0.432. The average molecular weight is 501 g/mol. The molecule has 0 spiro atoms. The first-order valence-electron chi connectivity index (χ1n) is 11.2. The Balaban J connectivity index is 1.51. The standard InChI is InChI=1S/C26H29ClN2O6/c1-3-33-26(32)23-8-5-13-28-25(23)35-21-11-9-18(10-12-21)17(2)24(31)29-15-20(30)16-34-22-7-4-6-19(27)14-22/h4-14,17,20,24,29-31H,3,15-16H2,1-2H3/t17-,20-,24?/m0/s1. The fourth-order valence-corrected chi connectivity index (χ4v) is 3.39. The van der Waals surface area contributed by atoms with E-state index in [-0.39, 0.29) is 37.1 Å². The molecule has 3 rings (SSSR count). The van der Waals surface area contributed by atoms with Crippen molar-refractivity contribution in [3.05, 3.63) is 83.0 Å². The van der Waals surface area contributed by atoms with E-state index in [9.17, 15) is 15.0 Å². The van der Waals surface area contributed by atoms with Crippen LogP contribution in [0.1, 0.15) is 35.7 Å². The smallest absolute Gasteiger partial charge is 0.343 e. The molecule has 3 aromatic rings. The summed E-state index contributed by atoms with van der Waals surface area (Å²) in [5.41, 5.74) is 1.10. The van der Waals surface area contributed by atoms with Crippen molar-refractivity contribution >= 4 is 17.6 Å². The van der Waals surface area contributed by atoms with Crippen LogP contribution in [-0.2, 0) is 4.74 Å².